The largest absolute Gasteiger partial charge is 0.351 e. The lowest BCUT2D eigenvalue weighted by Gasteiger charge is -2.02. The molecule has 1 aromatic heterocycles. The summed E-state index contributed by atoms with van der Waals surface area (Å²) in [6.45, 7) is 3.61. The third-order valence-electron chi connectivity index (χ3n) is 2.36. The van der Waals surface area contributed by atoms with Gasteiger partial charge in [0.1, 0.15) is 5.69 Å². The van der Waals surface area contributed by atoms with E-state index in [4.69, 9.17) is 0 Å². The molecule has 7 nitrogen and oxygen atoms in total. The minimum atomic E-state index is -0.344. The van der Waals surface area contributed by atoms with Crippen molar-refractivity contribution in [3.63, 3.8) is 0 Å². The molecule has 0 saturated carbocycles. The highest BCUT2D eigenvalue weighted by Crippen LogP contribution is 2.12. The zero-order valence-electron chi connectivity index (χ0n) is 11.2. The first kappa shape index (κ1) is 14.7. The first-order chi connectivity index (χ1) is 8.93. The molecule has 0 spiro atoms. The lowest BCUT2D eigenvalue weighted by atomic mass is 10.3. The van der Waals surface area contributed by atoms with Crippen LogP contribution in [-0.2, 0) is 16.6 Å². The van der Waals surface area contributed by atoms with E-state index in [1.807, 2.05) is 6.92 Å². The summed E-state index contributed by atoms with van der Waals surface area (Å²) in [6.07, 6.45) is 1.64. The number of hydrogen-bond acceptors (Lipinski definition) is 3. The van der Waals surface area contributed by atoms with Crippen molar-refractivity contribution in [3.8, 4) is 0 Å². The van der Waals surface area contributed by atoms with Gasteiger partial charge in [0.25, 0.3) is 5.91 Å². The second kappa shape index (κ2) is 6.58. The Morgan fingerprint density at radius 1 is 1.26 bits per heavy atom. The number of carbonyl (C=O) groups is 3. The predicted octanol–water partition coefficient (Wildman–Crippen LogP) is -0.151. The van der Waals surface area contributed by atoms with E-state index < -0.39 is 0 Å². The zero-order valence-corrected chi connectivity index (χ0v) is 11.2. The lowest BCUT2D eigenvalue weighted by molar-refractivity contribution is -0.122. The molecule has 0 bridgehead atoms. The number of aryl methyl sites for hydroxylation is 1. The van der Waals surface area contributed by atoms with Crippen molar-refractivity contribution < 1.29 is 14.4 Å². The quantitative estimate of drug-likeness (QED) is 0.692. The number of nitrogens with one attached hydrogen (secondary N) is 3. The van der Waals surface area contributed by atoms with E-state index in [9.17, 15) is 14.4 Å². The van der Waals surface area contributed by atoms with E-state index in [0.29, 0.717) is 17.9 Å². The monoisotopic (exact) mass is 266 g/mol. The van der Waals surface area contributed by atoms with Crippen molar-refractivity contribution in [2.45, 2.75) is 13.8 Å². The molecule has 7 heteroatoms. The Kier molecular flexibility index (Phi) is 5.11. The van der Waals surface area contributed by atoms with Crippen molar-refractivity contribution in [2.75, 3.05) is 18.4 Å². The van der Waals surface area contributed by atoms with Gasteiger partial charge in [0.15, 0.2) is 0 Å². The van der Waals surface area contributed by atoms with E-state index >= 15 is 0 Å². The Morgan fingerprint density at radius 2 is 1.95 bits per heavy atom. The summed E-state index contributed by atoms with van der Waals surface area (Å²) < 4.78 is 1.62. The minimum absolute atomic E-state index is 0.0965. The zero-order chi connectivity index (χ0) is 14.4. The second-order valence-electron chi connectivity index (χ2n) is 4.04. The molecule has 0 fully saturated rings. The Hall–Kier alpha value is -2.31. The number of nitrogens with zero attached hydrogens (tertiary/aromatic N) is 1. The smallest absolute Gasteiger partial charge is 0.267 e. The summed E-state index contributed by atoms with van der Waals surface area (Å²) in [7, 11) is 1.72. The highest BCUT2D eigenvalue weighted by Gasteiger charge is 2.12. The summed E-state index contributed by atoms with van der Waals surface area (Å²) >= 11 is 0. The van der Waals surface area contributed by atoms with Crippen LogP contribution < -0.4 is 16.0 Å². The maximum atomic E-state index is 11.7. The first-order valence-corrected chi connectivity index (χ1v) is 5.93. The molecule has 0 unspecified atom stereocenters. The molecule has 3 amide bonds. The maximum Gasteiger partial charge on any atom is 0.267 e. The van der Waals surface area contributed by atoms with Crippen LogP contribution in [0.15, 0.2) is 12.3 Å². The normalized spacial score (nSPS) is 9.84. The molecule has 0 radical (unpaired) electrons. The molecule has 0 saturated heterocycles. The Labute approximate surface area is 111 Å². The van der Waals surface area contributed by atoms with E-state index in [1.165, 1.54) is 6.92 Å². The summed E-state index contributed by atoms with van der Waals surface area (Å²) in [5.74, 6) is -0.818. The van der Waals surface area contributed by atoms with Gasteiger partial charge < -0.3 is 20.5 Å². The lowest BCUT2D eigenvalue weighted by Crippen LogP contribution is -2.31. The molecule has 0 aromatic carbocycles. The molecule has 1 rings (SSSR count). The number of anilines is 1. The summed E-state index contributed by atoms with van der Waals surface area (Å²) in [4.78, 5) is 33.8. The minimum Gasteiger partial charge on any atom is -0.351 e. The fourth-order valence-electron chi connectivity index (χ4n) is 1.52. The van der Waals surface area contributed by atoms with Crippen molar-refractivity contribution in [2.24, 2.45) is 7.05 Å². The van der Waals surface area contributed by atoms with Crippen LogP contribution in [0, 0.1) is 0 Å². The van der Waals surface area contributed by atoms with Gasteiger partial charge in [0.05, 0.1) is 12.2 Å². The van der Waals surface area contributed by atoms with Gasteiger partial charge in [0, 0.05) is 26.7 Å². The summed E-state index contributed by atoms with van der Waals surface area (Å²) in [5.41, 5.74) is 0.968. The molecule has 0 aliphatic heterocycles. The number of rotatable bonds is 5. The molecule has 19 heavy (non-hydrogen) atoms. The third-order valence-corrected chi connectivity index (χ3v) is 2.36. The van der Waals surface area contributed by atoms with Crippen LogP contribution in [0.3, 0.4) is 0 Å². The molecule has 1 aromatic rings. The average molecular weight is 266 g/mol. The Bertz CT molecular complexity index is 493. The van der Waals surface area contributed by atoms with Crippen LogP contribution in [0.4, 0.5) is 5.69 Å². The predicted molar refractivity (Wildman–Crippen MR) is 70.7 cm³/mol. The summed E-state index contributed by atoms with van der Waals surface area (Å²) in [6, 6.07) is 1.58. The van der Waals surface area contributed by atoms with Gasteiger partial charge in [-0.05, 0) is 13.0 Å². The van der Waals surface area contributed by atoms with Crippen molar-refractivity contribution in [1.29, 1.82) is 0 Å². The van der Waals surface area contributed by atoms with Crippen LogP contribution in [0.25, 0.3) is 0 Å². The SMILES string of the molecule is CCNC(=O)c1cc(NC(=O)CNC(C)=O)cn1C. The van der Waals surface area contributed by atoms with Gasteiger partial charge in [-0.2, -0.15) is 0 Å². The van der Waals surface area contributed by atoms with E-state index in [-0.39, 0.29) is 24.3 Å². The molecular formula is C12H18N4O3. The van der Waals surface area contributed by atoms with Gasteiger partial charge in [-0.25, -0.2) is 0 Å². The van der Waals surface area contributed by atoms with Gasteiger partial charge in [-0.3, -0.25) is 14.4 Å². The second-order valence-corrected chi connectivity index (χ2v) is 4.04. The Balaban J connectivity index is 2.65. The Morgan fingerprint density at radius 3 is 2.53 bits per heavy atom. The highest BCUT2D eigenvalue weighted by molar-refractivity contribution is 5.97. The van der Waals surface area contributed by atoms with Crippen LogP contribution in [0.2, 0.25) is 0 Å². The molecular weight excluding hydrogens is 248 g/mol. The number of aromatic nitrogens is 1. The number of carbonyl (C=O) groups excluding carboxylic acids is 3. The maximum absolute atomic E-state index is 11.7. The van der Waals surface area contributed by atoms with Gasteiger partial charge in [-0.15, -0.1) is 0 Å². The number of amides is 3. The summed E-state index contributed by atoms with van der Waals surface area (Å²) in [5, 5.41) is 7.67. The standard InChI is InChI=1S/C12H18N4O3/c1-4-13-12(19)10-5-9(7-16(10)3)15-11(18)6-14-8(2)17/h5,7H,4,6H2,1-3H3,(H,13,19)(H,14,17)(H,15,18). The molecule has 0 atom stereocenters. The van der Waals surface area contributed by atoms with Crippen molar-refractivity contribution >= 4 is 23.4 Å². The fraction of sp³-hybridized carbons (Fsp3) is 0.417. The fourth-order valence-corrected chi connectivity index (χ4v) is 1.52. The number of hydrogen-bond donors (Lipinski definition) is 3. The van der Waals surface area contributed by atoms with Crippen LogP contribution in [-0.4, -0.2) is 35.4 Å². The topological polar surface area (TPSA) is 92.2 Å². The molecule has 3 N–H and O–H groups in total. The van der Waals surface area contributed by atoms with Gasteiger partial charge in [0.2, 0.25) is 11.8 Å². The van der Waals surface area contributed by atoms with Gasteiger partial charge >= 0.3 is 0 Å². The van der Waals surface area contributed by atoms with E-state index in [1.54, 1.807) is 23.9 Å². The van der Waals surface area contributed by atoms with Crippen LogP contribution >= 0.6 is 0 Å². The highest BCUT2D eigenvalue weighted by atomic mass is 16.2. The van der Waals surface area contributed by atoms with Crippen molar-refractivity contribution in [3.05, 3.63) is 18.0 Å². The van der Waals surface area contributed by atoms with E-state index in [0.717, 1.165) is 0 Å². The van der Waals surface area contributed by atoms with E-state index in [2.05, 4.69) is 16.0 Å². The molecule has 0 aliphatic rings. The molecule has 1 heterocycles. The van der Waals surface area contributed by atoms with Crippen molar-refractivity contribution in [1.82, 2.24) is 15.2 Å². The first-order valence-electron chi connectivity index (χ1n) is 5.93. The third kappa shape index (κ3) is 4.46. The van der Waals surface area contributed by atoms with Crippen LogP contribution in [0.1, 0.15) is 24.3 Å². The van der Waals surface area contributed by atoms with Gasteiger partial charge in [-0.1, -0.05) is 0 Å². The average Bonchev–Trinajstić information content (AvgIpc) is 2.68. The van der Waals surface area contributed by atoms with Crippen LogP contribution in [0.5, 0.6) is 0 Å². The molecule has 104 valence electrons. The molecule has 0 aliphatic carbocycles.